The minimum Gasteiger partial charge on any atom is -0.493 e. The third kappa shape index (κ3) is 5.19. The molecule has 0 unspecified atom stereocenters. The van der Waals surface area contributed by atoms with Gasteiger partial charge in [-0.05, 0) is 36.8 Å². The normalized spacial score (nSPS) is 10.5. The first-order chi connectivity index (χ1) is 14.9. The summed E-state index contributed by atoms with van der Waals surface area (Å²) in [6, 6.07) is 6.65. The van der Waals surface area contributed by atoms with Gasteiger partial charge in [-0.3, -0.25) is 14.6 Å². The lowest BCUT2D eigenvalue weighted by atomic mass is 10.1. The summed E-state index contributed by atoms with van der Waals surface area (Å²) in [5.74, 6) is 0.0253. The van der Waals surface area contributed by atoms with Gasteiger partial charge in [-0.1, -0.05) is 0 Å². The highest BCUT2D eigenvalue weighted by Crippen LogP contribution is 2.37. The molecular weight excluding hydrogens is 398 g/mol. The predicted molar refractivity (Wildman–Crippen MR) is 116 cm³/mol. The maximum Gasteiger partial charge on any atom is 0.274 e. The number of anilines is 1. The fourth-order valence-electron chi connectivity index (χ4n) is 3.03. The van der Waals surface area contributed by atoms with Crippen molar-refractivity contribution in [3.05, 3.63) is 66.0 Å². The lowest BCUT2D eigenvalue weighted by Crippen LogP contribution is -2.30. The number of nitrogens with zero attached hydrogens (tertiary/aromatic N) is 4. The monoisotopic (exact) mass is 423 g/mol. The number of aryl methyl sites for hydroxylation is 1. The van der Waals surface area contributed by atoms with E-state index < -0.39 is 5.91 Å². The van der Waals surface area contributed by atoms with Crippen LogP contribution in [0.1, 0.15) is 26.4 Å². The summed E-state index contributed by atoms with van der Waals surface area (Å²) < 4.78 is 12.7. The Kier molecular flexibility index (Phi) is 6.86. The van der Waals surface area contributed by atoms with Crippen molar-refractivity contribution in [1.82, 2.24) is 19.4 Å². The van der Waals surface area contributed by atoms with Crippen LogP contribution in [0.2, 0.25) is 0 Å². The first-order valence-corrected chi connectivity index (χ1v) is 9.64. The third-order valence-electron chi connectivity index (χ3n) is 4.72. The summed E-state index contributed by atoms with van der Waals surface area (Å²) in [4.78, 5) is 35.4. The lowest BCUT2D eigenvalue weighted by molar-refractivity contribution is 0.0789. The minimum atomic E-state index is -0.415. The summed E-state index contributed by atoms with van der Waals surface area (Å²) in [7, 11) is 4.66. The van der Waals surface area contributed by atoms with Gasteiger partial charge >= 0.3 is 0 Å². The van der Waals surface area contributed by atoms with E-state index in [-0.39, 0.29) is 11.6 Å². The first-order valence-electron chi connectivity index (χ1n) is 9.64. The molecule has 1 aromatic carbocycles. The number of pyridine rings is 1. The smallest absolute Gasteiger partial charge is 0.274 e. The van der Waals surface area contributed by atoms with Crippen LogP contribution in [-0.4, -0.2) is 59.1 Å². The summed E-state index contributed by atoms with van der Waals surface area (Å²) in [6.45, 7) is 2.97. The molecule has 0 spiro atoms. The van der Waals surface area contributed by atoms with E-state index in [9.17, 15) is 9.59 Å². The van der Waals surface area contributed by atoms with Gasteiger partial charge in [-0.25, -0.2) is 4.98 Å². The second-order valence-corrected chi connectivity index (χ2v) is 6.96. The Morgan fingerprint density at radius 2 is 1.97 bits per heavy atom. The standard InChI is InChI=1S/C22H25N5O4/c1-15-5-6-24-18(11-15)21(28)25-17-12-16(13-19(30-3)20(17)31-4)22(29)26(2)9-10-27-8-7-23-14-27/h5-8,11-14H,9-10H2,1-4H3,(H,25,28). The molecule has 3 aromatic rings. The van der Waals surface area contributed by atoms with Crippen molar-refractivity contribution >= 4 is 17.5 Å². The van der Waals surface area contributed by atoms with Crippen molar-refractivity contribution in [2.24, 2.45) is 0 Å². The Hall–Kier alpha value is -3.88. The van der Waals surface area contributed by atoms with Gasteiger partial charge < -0.3 is 24.3 Å². The highest BCUT2D eigenvalue weighted by molar-refractivity contribution is 6.05. The molecule has 9 nitrogen and oxygen atoms in total. The van der Waals surface area contributed by atoms with Crippen LogP contribution in [0.15, 0.2) is 49.2 Å². The van der Waals surface area contributed by atoms with Crippen molar-refractivity contribution in [3.8, 4) is 11.5 Å². The van der Waals surface area contributed by atoms with Gasteiger partial charge in [-0.15, -0.1) is 0 Å². The molecule has 0 saturated carbocycles. The average Bonchev–Trinajstić information content (AvgIpc) is 3.30. The summed E-state index contributed by atoms with van der Waals surface area (Å²) >= 11 is 0. The van der Waals surface area contributed by atoms with Crippen LogP contribution >= 0.6 is 0 Å². The van der Waals surface area contributed by atoms with Gasteiger partial charge in [0.05, 0.1) is 26.2 Å². The van der Waals surface area contributed by atoms with Gasteiger partial charge in [-0.2, -0.15) is 0 Å². The van der Waals surface area contributed by atoms with Gasteiger partial charge in [0.2, 0.25) is 0 Å². The highest BCUT2D eigenvalue weighted by atomic mass is 16.5. The van der Waals surface area contributed by atoms with Crippen LogP contribution in [0.3, 0.4) is 0 Å². The number of hydrogen-bond acceptors (Lipinski definition) is 6. The van der Waals surface area contributed by atoms with E-state index in [1.54, 1.807) is 54.9 Å². The zero-order valence-corrected chi connectivity index (χ0v) is 18.0. The molecule has 0 aliphatic heterocycles. The fraction of sp³-hybridized carbons (Fsp3) is 0.273. The number of nitrogens with one attached hydrogen (secondary N) is 1. The number of hydrogen-bond donors (Lipinski definition) is 1. The maximum absolute atomic E-state index is 13.0. The molecule has 162 valence electrons. The molecular formula is C22H25N5O4. The molecule has 0 aliphatic rings. The number of aromatic nitrogens is 3. The summed E-state index contributed by atoms with van der Waals surface area (Å²) in [5.41, 5.74) is 1.85. The van der Waals surface area contributed by atoms with E-state index in [2.05, 4.69) is 15.3 Å². The molecule has 3 rings (SSSR count). The Morgan fingerprint density at radius 1 is 1.16 bits per heavy atom. The molecule has 0 fully saturated rings. The van der Waals surface area contributed by atoms with E-state index >= 15 is 0 Å². The average molecular weight is 423 g/mol. The largest absolute Gasteiger partial charge is 0.493 e. The first kappa shape index (κ1) is 21.8. The van der Waals surface area contributed by atoms with Crippen molar-refractivity contribution in [2.45, 2.75) is 13.5 Å². The molecule has 2 amide bonds. The Morgan fingerprint density at radius 3 is 2.61 bits per heavy atom. The number of imidazole rings is 1. The van der Waals surface area contributed by atoms with E-state index in [0.717, 1.165) is 5.56 Å². The molecule has 0 saturated heterocycles. The third-order valence-corrected chi connectivity index (χ3v) is 4.72. The Labute approximate surface area is 180 Å². The molecule has 0 radical (unpaired) electrons. The predicted octanol–water partition coefficient (Wildman–Crippen LogP) is 2.63. The molecule has 0 atom stereocenters. The number of ether oxygens (including phenoxy) is 2. The Balaban J connectivity index is 1.85. The summed E-state index contributed by atoms with van der Waals surface area (Å²) in [6.07, 6.45) is 6.79. The van der Waals surface area contributed by atoms with Crippen LogP contribution in [-0.2, 0) is 6.54 Å². The number of rotatable bonds is 8. The summed E-state index contributed by atoms with van der Waals surface area (Å²) in [5, 5.41) is 2.78. The van der Waals surface area contributed by atoms with E-state index in [4.69, 9.17) is 9.47 Å². The molecule has 0 aliphatic carbocycles. The van der Waals surface area contributed by atoms with Crippen molar-refractivity contribution in [2.75, 3.05) is 33.1 Å². The van der Waals surface area contributed by atoms with Gasteiger partial charge in [0.25, 0.3) is 11.8 Å². The zero-order chi connectivity index (χ0) is 22.4. The quantitative estimate of drug-likeness (QED) is 0.598. The highest BCUT2D eigenvalue weighted by Gasteiger charge is 2.21. The molecule has 0 bridgehead atoms. The van der Waals surface area contributed by atoms with Gasteiger partial charge in [0.1, 0.15) is 5.69 Å². The van der Waals surface area contributed by atoms with Crippen molar-refractivity contribution in [1.29, 1.82) is 0 Å². The van der Waals surface area contributed by atoms with Crippen LogP contribution in [0, 0.1) is 6.92 Å². The topological polar surface area (TPSA) is 98.6 Å². The van der Waals surface area contributed by atoms with E-state index in [1.165, 1.54) is 14.2 Å². The van der Waals surface area contributed by atoms with Crippen LogP contribution in [0.4, 0.5) is 5.69 Å². The SMILES string of the molecule is COc1cc(C(=O)N(C)CCn2ccnc2)cc(NC(=O)c2cc(C)ccn2)c1OC. The molecule has 1 N–H and O–H groups in total. The van der Waals surface area contributed by atoms with Crippen LogP contribution < -0.4 is 14.8 Å². The van der Waals surface area contributed by atoms with Gasteiger partial charge in [0, 0.05) is 44.3 Å². The van der Waals surface area contributed by atoms with Crippen LogP contribution in [0.5, 0.6) is 11.5 Å². The van der Waals surface area contributed by atoms with E-state index in [1.807, 2.05) is 17.7 Å². The lowest BCUT2D eigenvalue weighted by Gasteiger charge is -2.20. The number of methoxy groups -OCH3 is 2. The number of carbonyl (C=O) groups is 2. The molecule has 9 heteroatoms. The number of benzene rings is 1. The molecule has 31 heavy (non-hydrogen) atoms. The Bertz CT molecular complexity index is 1070. The molecule has 2 aromatic heterocycles. The second kappa shape index (κ2) is 9.75. The second-order valence-electron chi connectivity index (χ2n) is 6.96. The van der Waals surface area contributed by atoms with Crippen molar-refractivity contribution in [3.63, 3.8) is 0 Å². The van der Waals surface area contributed by atoms with E-state index in [0.29, 0.717) is 35.8 Å². The minimum absolute atomic E-state index is 0.217. The maximum atomic E-state index is 13.0. The molecule has 2 heterocycles. The number of likely N-dealkylation sites (N-methyl/N-ethyl adjacent to an activating group) is 1. The van der Waals surface area contributed by atoms with Gasteiger partial charge in [0.15, 0.2) is 11.5 Å². The number of carbonyl (C=O) groups excluding carboxylic acids is 2. The van der Waals surface area contributed by atoms with Crippen molar-refractivity contribution < 1.29 is 19.1 Å². The number of amides is 2. The zero-order valence-electron chi connectivity index (χ0n) is 18.0. The fourth-order valence-corrected chi connectivity index (χ4v) is 3.03. The van der Waals surface area contributed by atoms with Crippen LogP contribution in [0.25, 0.3) is 0 Å².